The minimum atomic E-state index is -3.77. The van der Waals surface area contributed by atoms with Crippen LogP contribution in [0.3, 0.4) is 0 Å². The number of hydrogen-bond acceptors (Lipinski definition) is 7. The van der Waals surface area contributed by atoms with E-state index in [-0.39, 0.29) is 23.4 Å². The molecule has 4 rings (SSSR count). The molecule has 2 saturated heterocycles. The fraction of sp³-hybridized carbons (Fsp3) is 0.455. The Morgan fingerprint density at radius 3 is 2.59 bits per heavy atom. The lowest BCUT2D eigenvalue weighted by Gasteiger charge is -2.34. The highest BCUT2D eigenvalue weighted by atomic mass is 32.2. The third-order valence-electron chi connectivity index (χ3n) is 5.74. The number of anilines is 1. The van der Waals surface area contributed by atoms with Crippen molar-refractivity contribution < 1.29 is 22.7 Å². The van der Waals surface area contributed by atoms with E-state index < -0.39 is 21.3 Å². The van der Waals surface area contributed by atoms with E-state index in [9.17, 15) is 18.0 Å². The number of benzene rings is 1. The van der Waals surface area contributed by atoms with E-state index in [2.05, 4.69) is 16.3 Å². The summed E-state index contributed by atoms with van der Waals surface area (Å²) in [7, 11) is -3.77. The average Bonchev–Trinajstić information content (AvgIpc) is 3.33. The van der Waals surface area contributed by atoms with Gasteiger partial charge in [0, 0.05) is 30.1 Å². The number of carbonyl (C=O) groups excluding carboxylic acids is 2. The number of thiophene rings is 1. The molecule has 2 amide bonds. The summed E-state index contributed by atoms with van der Waals surface area (Å²) < 4.78 is 31.4. The van der Waals surface area contributed by atoms with Crippen LogP contribution in [0.4, 0.5) is 5.69 Å². The van der Waals surface area contributed by atoms with Crippen LogP contribution in [0.15, 0.2) is 41.8 Å². The second-order valence-corrected chi connectivity index (χ2v) is 11.4. The standard InChI is InChI=1S/C22H27N3O5S2/c1-22(2)15-32(28,29)25(21(22)27)17-6-3-5-16(13-17)20(26)23-14-18(19-7-4-12-31-19)24-8-10-30-11-9-24/h3-7,12-13,18H,8-11,14-15H2,1-2H3,(H,23,26). The number of rotatable bonds is 6. The molecule has 0 spiro atoms. The molecule has 1 aromatic heterocycles. The van der Waals surface area contributed by atoms with Crippen molar-refractivity contribution in [2.24, 2.45) is 5.41 Å². The average molecular weight is 478 g/mol. The molecular formula is C22H27N3O5S2. The first-order valence-corrected chi connectivity index (χ1v) is 13.0. The Labute approximate surface area is 192 Å². The summed E-state index contributed by atoms with van der Waals surface area (Å²) in [5, 5.41) is 5.00. The molecule has 0 aliphatic carbocycles. The van der Waals surface area contributed by atoms with Crippen molar-refractivity contribution in [1.29, 1.82) is 0 Å². The quantitative estimate of drug-likeness (QED) is 0.686. The van der Waals surface area contributed by atoms with Crippen molar-refractivity contribution in [2.45, 2.75) is 19.9 Å². The van der Waals surface area contributed by atoms with Gasteiger partial charge in [-0.1, -0.05) is 12.1 Å². The minimum Gasteiger partial charge on any atom is -0.379 e. The Balaban J connectivity index is 1.51. The second-order valence-electron chi connectivity index (χ2n) is 8.65. The summed E-state index contributed by atoms with van der Waals surface area (Å²) in [6.07, 6.45) is 0. The molecule has 2 aromatic rings. The third-order valence-corrected chi connectivity index (χ3v) is 8.73. The van der Waals surface area contributed by atoms with Crippen molar-refractivity contribution in [3.8, 4) is 0 Å². The fourth-order valence-electron chi connectivity index (χ4n) is 4.11. The van der Waals surface area contributed by atoms with Gasteiger partial charge < -0.3 is 10.1 Å². The van der Waals surface area contributed by atoms with Crippen molar-refractivity contribution >= 4 is 38.9 Å². The van der Waals surface area contributed by atoms with Gasteiger partial charge in [0.1, 0.15) is 0 Å². The molecule has 10 heteroatoms. The highest BCUT2D eigenvalue weighted by Gasteiger charge is 2.50. The number of hydrogen-bond donors (Lipinski definition) is 1. The summed E-state index contributed by atoms with van der Waals surface area (Å²) in [5.41, 5.74) is -0.498. The van der Waals surface area contributed by atoms with Gasteiger partial charge in [0.05, 0.1) is 36.1 Å². The summed E-state index contributed by atoms with van der Waals surface area (Å²) in [6, 6.07) is 10.3. The van der Waals surface area contributed by atoms with E-state index >= 15 is 0 Å². The van der Waals surface area contributed by atoms with Gasteiger partial charge in [-0.05, 0) is 43.5 Å². The molecular weight excluding hydrogens is 450 g/mol. The number of carbonyl (C=O) groups is 2. The largest absolute Gasteiger partial charge is 0.379 e. The van der Waals surface area contributed by atoms with E-state index in [1.165, 1.54) is 12.1 Å². The van der Waals surface area contributed by atoms with Crippen LogP contribution in [0.2, 0.25) is 0 Å². The molecule has 1 atom stereocenters. The lowest BCUT2D eigenvalue weighted by Crippen LogP contribution is -2.43. The molecule has 2 aliphatic heterocycles. The SMILES string of the molecule is CC1(C)CS(=O)(=O)N(c2cccc(C(=O)NCC(c3cccs3)N3CCOCC3)c2)C1=O. The Bertz CT molecular complexity index is 1090. The van der Waals surface area contributed by atoms with E-state index in [0.29, 0.717) is 25.3 Å². The molecule has 0 radical (unpaired) electrons. The van der Waals surface area contributed by atoms with Crippen LogP contribution in [-0.2, 0) is 19.6 Å². The van der Waals surface area contributed by atoms with Crippen LogP contribution in [-0.4, -0.2) is 63.7 Å². The number of nitrogens with one attached hydrogen (secondary N) is 1. The maximum atomic E-state index is 12.9. The molecule has 8 nitrogen and oxygen atoms in total. The van der Waals surface area contributed by atoms with Crippen LogP contribution in [0, 0.1) is 5.41 Å². The Kier molecular flexibility index (Phi) is 6.39. The number of sulfonamides is 1. The Morgan fingerprint density at radius 1 is 1.22 bits per heavy atom. The summed E-state index contributed by atoms with van der Waals surface area (Å²) in [6.45, 7) is 6.54. The van der Waals surface area contributed by atoms with E-state index in [1.807, 2.05) is 11.4 Å². The predicted molar refractivity (Wildman–Crippen MR) is 123 cm³/mol. The van der Waals surface area contributed by atoms with Gasteiger partial charge in [0.15, 0.2) is 0 Å². The van der Waals surface area contributed by atoms with Crippen LogP contribution in [0.1, 0.15) is 35.1 Å². The molecule has 1 N–H and O–H groups in total. The van der Waals surface area contributed by atoms with E-state index in [4.69, 9.17) is 4.74 Å². The third kappa shape index (κ3) is 4.59. The summed E-state index contributed by atoms with van der Waals surface area (Å²) >= 11 is 1.65. The van der Waals surface area contributed by atoms with Crippen LogP contribution >= 0.6 is 11.3 Å². The molecule has 2 fully saturated rings. The number of ether oxygens (including phenoxy) is 1. The first-order chi connectivity index (χ1) is 15.2. The lowest BCUT2D eigenvalue weighted by atomic mass is 9.95. The van der Waals surface area contributed by atoms with E-state index in [1.54, 1.807) is 37.3 Å². The lowest BCUT2D eigenvalue weighted by molar-refractivity contribution is -0.123. The van der Waals surface area contributed by atoms with Crippen LogP contribution < -0.4 is 9.62 Å². The first kappa shape index (κ1) is 22.9. The summed E-state index contributed by atoms with van der Waals surface area (Å²) in [5.74, 6) is -1.05. The van der Waals surface area contributed by atoms with Crippen molar-refractivity contribution in [3.05, 3.63) is 52.2 Å². The summed E-state index contributed by atoms with van der Waals surface area (Å²) in [4.78, 5) is 29.1. The van der Waals surface area contributed by atoms with Crippen molar-refractivity contribution in [2.75, 3.05) is 42.9 Å². The normalized spacial score (nSPS) is 21.4. The Hall–Kier alpha value is -2.27. The number of amides is 2. The van der Waals surface area contributed by atoms with Gasteiger partial charge in [0.25, 0.3) is 5.91 Å². The second kappa shape index (κ2) is 8.93. The molecule has 1 aromatic carbocycles. The highest BCUT2D eigenvalue weighted by Crippen LogP contribution is 2.36. The number of nitrogens with zero attached hydrogens (tertiary/aromatic N) is 2. The topological polar surface area (TPSA) is 96.0 Å². The zero-order valence-electron chi connectivity index (χ0n) is 18.1. The zero-order chi connectivity index (χ0) is 22.9. The maximum Gasteiger partial charge on any atom is 0.251 e. The minimum absolute atomic E-state index is 0.0346. The van der Waals surface area contributed by atoms with Crippen molar-refractivity contribution in [1.82, 2.24) is 10.2 Å². The fourth-order valence-corrected chi connectivity index (χ4v) is 7.07. The van der Waals surface area contributed by atoms with Gasteiger partial charge >= 0.3 is 0 Å². The maximum absolute atomic E-state index is 12.9. The predicted octanol–water partition coefficient (Wildman–Crippen LogP) is 2.25. The highest BCUT2D eigenvalue weighted by molar-refractivity contribution is 7.94. The molecule has 1 unspecified atom stereocenters. The van der Waals surface area contributed by atoms with Gasteiger partial charge in [-0.25, -0.2) is 12.7 Å². The first-order valence-electron chi connectivity index (χ1n) is 10.5. The monoisotopic (exact) mass is 477 g/mol. The molecule has 172 valence electrons. The van der Waals surface area contributed by atoms with Gasteiger partial charge in [-0.2, -0.15) is 0 Å². The zero-order valence-corrected chi connectivity index (χ0v) is 19.7. The molecule has 0 saturated carbocycles. The Morgan fingerprint density at radius 2 is 1.97 bits per heavy atom. The molecule has 32 heavy (non-hydrogen) atoms. The van der Waals surface area contributed by atoms with Crippen molar-refractivity contribution in [3.63, 3.8) is 0 Å². The molecule has 3 heterocycles. The van der Waals surface area contributed by atoms with E-state index in [0.717, 1.165) is 22.3 Å². The molecule has 0 bridgehead atoms. The van der Waals surface area contributed by atoms with Gasteiger partial charge in [-0.15, -0.1) is 11.3 Å². The van der Waals surface area contributed by atoms with Gasteiger partial charge in [0.2, 0.25) is 15.9 Å². The number of morpholine rings is 1. The van der Waals surface area contributed by atoms with Crippen LogP contribution in [0.5, 0.6) is 0 Å². The molecule has 2 aliphatic rings. The smallest absolute Gasteiger partial charge is 0.251 e. The van der Waals surface area contributed by atoms with Crippen LogP contribution in [0.25, 0.3) is 0 Å². The van der Waals surface area contributed by atoms with Gasteiger partial charge in [-0.3, -0.25) is 14.5 Å².